The molecule has 4 unspecified atom stereocenters. The molecule has 0 saturated carbocycles. The first kappa shape index (κ1) is 25.8. The Hall–Kier alpha value is -4.82. The fourth-order valence-electron chi connectivity index (χ4n) is 5.57. The Bertz CT molecular complexity index is 1530. The first-order valence-corrected chi connectivity index (χ1v) is 12.8. The Kier molecular flexibility index (Phi) is 6.72. The first-order chi connectivity index (χ1) is 18.8. The van der Waals surface area contributed by atoms with Crippen LogP contribution in [0.5, 0.6) is 5.75 Å². The van der Waals surface area contributed by atoms with E-state index in [0.29, 0.717) is 21.6 Å². The number of fused-ring (bicyclic) bond motifs is 1. The van der Waals surface area contributed by atoms with Gasteiger partial charge in [-0.2, -0.15) is 5.26 Å². The average molecular weight is 543 g/mol. The van der Waals surface area contributed by atoms with Crippen LogP contribution in [-0.4, -0.2) is 52.1 Å². The van der Waals surface area contributed by atoms with Crippen molar-refractivity contribution < 1.29 is 24.0 Å². The van der Waals surface area contributed by atoms with Crippen molar-refractivity contribution in [2.24, 2.45) is 5.92 Å². The van der Waals surface area contributed by atoms with E-state index in [0.717, 1.165) is 4.90 Å². The number of Topliss-reactive ketones (excluding diaryl/α,β-unsaturated/α-hetero) is 1. The highest BCUT2D eigenvalue weighted by molar-refractivity contribution is 7.12. The second-order valence-corrected chi connectivity index (χ2v) is 10.1. The number of hydrogen-bond acceptors (Lipinski definition) is 8. The number of thiophene rings is 1. The SMILES string of the molecule is C=CCN1C(=O)C2C(c3ccc(C#N)cc3)C(C(=O)c3cccs3)C(c3ccc(OC)c([N+](=O)[O-])c3)N2C1=O. The zero-order chi connectivity index (χ0) is 27.8. The third-order valence-electron chi connectivity index (χ3n) is 7.18. The molecule has 5 rings (SSSR count). The molecule has 2 aliphatic heterocycles. The van der Waals surface area contributed by atoms with Gasteiger partial charge in [-0.1, -0.05) is 30.3 Å². The molecule has 0 bridgehead atoms. The maximum atomic E-state index is 14.1. The number of benzene rings is 2. The van der Waals surface area contributed by atoms with Crippen LogP contribution in [0.25, 0.3) is 0 Å². The summed E-state index contributed by atoms with van der Waals surface area (Å²) in [4.78, 5) is 55.7. The lowest BCUT2D eigenvalue weighted by Gasteiger charge is -2.28. The number of ether oxygens (including phenoxy) is 1. The minimum absolute atomic E-state index is 0.0240. The van der Waals surface area contributed by atoms with Gasteiger partial charge in [0.05, 0.1) is 40.5 Å². The number of nitro groups is 1. The number of rotatable bonds is 8. The van der Waals surface area contributed by atoms with E-state index in [4.69, 9.17) is 4.74 Å². The molecule has 0 spiro atoms. The molecule has 4 atom stereocenters. The predicted octanol–water partition coefficient (Wildman–Crippen LogP) is 4.69. The number of imide groups is 1. The van der Waals surface area contributed by atoms with Gasteiger partial charge in [-0.25, -0.2) is 4.79 Å². The van der Waals surface area contributed by atoms with E-state index in [1.807, 2.05) is 0 Å². The van der Waals surface area contributed by atoms with E-state index in [9.17, 15) is 29.8 Å². The van der Waals surface area contributed by atoms with Gasteiger partial charge in [0.1, 0.15) is 6.04 Å². The van der Waals surface area contributed by atoms with Crippen molar-refractivity contribution in [3.63, 3.8) is 0 Å². The molecule has 2 aromatic carbocycles. The Balaban J connectivity index is 1.76. The van der Waals surface area contributed by atoms with Crippen molar-refractivity contribution in [3.05, 3.63) is 104 Å². The Morgan fingerprint density at radius 2 is 1.90 bits per heavy atom. The van der Waals surface area contributed by atoms with Gasteiger partial charge in [0, 0.05) is 18.5 Å². The Labute approximate surface area is 227 Å². The van der Waals surface area contributed by atoms with Crippen molar-refractivity contribution >= 4 is 34.7 Å². The summed E-state index contributed by atoms with van der Waals surface area (Å²) in [6.07, 6.45) is 1.44. The lowest BCUT2D eigenvalue weighted by atomic mass is 9.76. The molecule has 3 heterocycles. The van der Waals surface area contributed by atoms with Crippen LogP contribution >= 0.6 is 11.3 Å². The number of urea groups is 1. The summed E-state index contributed by atoms with van der Waals surface area (Å²) in [6.45, 7) is 3.63. The van der Waals surface area contributed by atoms with E-state index in [-0.39, 0.29) is 23.8 Å². The lowest BCUT2D eigenvalue weighted by molar-refractivity contribution is -0.385. The van der Waals surface area contributed by atoms with Crippen LogP contribution < -0.4 is 4.74 Å². The van der Waals surface area contributed by atoms with Crippen LogP contribution in [-0.2, 0) is 4.79 Å². The molecule has 2 fully saturated rings. The molecule has 1 aromatic heterocycles. The topological polar surface area (TPSA) is 134 Å². The maximum absolute atomic E-state index is 14.1. The van der Waals surface area contributed by atoms with Crippen molar-refractivity contribution in [1.29, 1.82) is 5.26 Å². The van der Waals surface area contributed by atoms with Gasteiger partial charge >= 0.3 is 11.7 Å². The number of nitriles is 1. The van der Waals surface area contributed by atoms with Crippen molar-refractivity contribution in [2.75, 3.05) is 13.7 Å². The van der Waals surface area contributed by atoms with E-state index >= 15 is 0 Å². The van der Waals surface area contributed by atoms with Gasteiger partial charge in [0.15, 0.2) is 11.5 Å². The summed E-state index contributed by atoms with van der Waals surface area (Å²) in [6, 6.07) is 13.7. The van der Waals surface area contributed by atoms with Crippen LogP contribution in [0, 0.1) is 27.4 Å². The molecule has 2 aliphatic rings. The molecule has 0 aliphatic carbocycles. The van der Waals surface area contributed by atoms with E-state index in [1.165, 1.54) is 41.6 Å². The van der Waals surface area contributed by atoms with Gasteiger partial charge in [-0.05, 0) is 40.8 Å². The third kappa shape index (κ3) is 4.15. The number of hydrogen-bond donors (Lipinski definition) is 0. The van der Waals surface area contributed by atoms with Gasteiger partial charge in [0.2, 0.25) is 0 Å². The van der Waals surface area contributed by atoms with Crippen molar-refractivity contribution in [3.8, 4) is 11.8 Å². The minimum Gasteiger partial charge on any atom is -0.490 e. The summed E-state index contributed by atoms with van der Waals surface area (Å²) in [5, 5.41) is 22.9. The lowest BCUT2D eigenvalue weighted by Crippen LogP contribution is -2.38. The molecule has 0 radical (unpaired) electrons. The fraction of sp³-hybridized carbons (Fsp3) is 0.214. The van der Waals surface area contributed by atoms with Crippen molar-refractivity contribution in [1.82, 2.24) is 9.80 Å². The second-order valence-electron chi connectivity index (χ2n) is 9.13. The predicted molar refractivity (Wildman–Crippen MR) is 141 cm³/mol. The van der Waals surface area contributed by atoms with Crippen LogP contribution in [0.2, 0.25) is 0 Å². The van der Waals surface area contributed by atoms with Crippen LogP contribution in [0.1, 0.15) is 38.3 Å². The van der Waals surface area contributed by atoms with Gasteiger partial charge in [-0.3, -0.25) is 24.6 Å². The molecule has 3 aromatic rings. The quantitative estimate of drug-likeness (QED) is 0.132. The molecular weight excluding hydrogens is 520 g/mol. The highest BCUT2D eigenvalue weighted by Gasteiger charge is 2.63. The number of carbonyl (C=O) groups excluding carboxylic acids is 3. The summed E-state index contributed by atoms with van der Waals surface area (Å²) >= 11 is 1.24. The number of methoxy groups -OCH3 is 1. The van der Waals surface area contributed by atoms with Crippen LogP contribution in [0.3, 0.4) is 0 Å². The monoisotopic (exact) mass is 542 g/mol. The Morgan fingerprint density at radius 1 is 1.18 bits per heavy atom. The smallest absolute Gasteiger partial charge is 0.328 e. The number of amides is 3. The second kappa shape index (κ2) is 10.2. The number of carbonyl (C=O) groups is 3. The number of nitrogens with zero attached hydrogens (tertiary/aromatic N) is 4. The molecule has 11 heteroatoms. The highest BCUT2D eigenvalue weighted by atomic mass is 32.1. The molecule has 3 amide bonds. The molecule has 10 nitrogen and oxygen atoms in total. The van der Waals surface area contributed by atoms with Crippen molar-refractivity contribution in [2.45, 2.75) is 18.0 Å². The molecule has 0 N–H and O–H groups in total. The van der Waals surface area contributed by atoms with Crippen LogP contribution in [0.15, 0.2) is 72.6 Å². The molecule has 196 valence electrons. The number of ketones is 1. The third-order valence-corrected chi connectivity index (χ3v) is 8.07. The maximum Gasteiger partial charge on any atom is 0.328 e. The fourth-order valence-corrected chi connectivity index (χ4v) is 6.29. The zero-order valence-electron chi connectivity index (χ0n) is 20.7. The summed E-state index contributed by atoms with van der Waals surface area (Å²) in [5.74, 6) is -2.45. The molecular formula is C28H22N4O6S. The standard InChI is InChI=1S/C28H22N4O6S/c1-3-12-30-27(34)25-22(17-8-6-16(15-29)7-9-17)23(26(33)21-5-4-13-39-21)24(31(25)28(30)35)18-10-11-20(38-2)19(14-18)32(36)37/h3-11,13-14,22-25H,1,12H2,2H3. The minimum atomic E-state index is -1.04. The zero-order valence-corrected chi connectivity index (χ0v) is 21.5. The highest BCUT2D eigenvalue weighted by Crippen LogP contribution is 2.54. The van der Waals surface area contributed by atoms with Gasteiger partial charge in [0.25, 0.3) is 5.91 Å². The van der Waals surface area contributed by atoms with Crippen LogP contribution in [0.4, 0.5) is 10.5 Å². The van der Waals surface area contributed by atoms with E-state index < -0.39 is 40.8 Å². The van der Waals surface area contributed by atoms with E-state index in [2.05, 4.69) is 12.6 Å². The first-order valence-electron chi connectivity index (χ1n) is 12.0. The molecule has 39 heavy (non-hydrogen) atoms. The average Bonchev–Trinajstić information content (AvgIpc) is 3.66. The number of nitro benzene ring substituents is 1. The largest absolute Gasteiger partial charge is 0.490 e. The summed E-state index contributed by atoms with van der Waals surface area (Å²) < 4.78 is 5.16. The van der Waals surface area contributed by atoms with E-state index in [1.54, 1.807) is 47.8 Å². The van der Waals surface area contributed by atoms with Gasteiger partial charge in [-0.15, -0.1) is 17.9 Å². The summed E-state index contributed by atoms with van der Waals surface area (Å²) in [7, 11) is 1.31. The summed E-state index contributed by atoms with van der Waals surface area (Å²) in [5.41, 5.74) is 1.02. The Morgan fingerprint density at radius 3 is 2.49 bits per heavy atom. The van der Waals surface area contributed by atoms with Gasteiger partial charge < -0.3 is 9.64 Å². The molecule has 2 saturated heterocycles. The normalized spacial score (nSPS) is 21.9.